The summed E-state index contributed by atoms with van der Waals surface area (Å²) in [6.07, 6.45) is 6.29. The molecule has 0 spiro atoms. The zero-order valence-electron chi connectivity index (χ0n) is 7.40. The first-order valence-electron chi connectivity index (χ1n) is 4.28. The van der Waals surface area contributed by atoms with Crippen LogP contribution in [0.15, 0.2) is 0 Å². The molecular weight excluding hydrogens is 176 g/mol. The van der Waals surface area contributed by atoms with Crippen LogP contribution in [0, 0.1) is 11.3 Å². The average Bonchev–Trinajstić information content (AvgIpc) is 2.82. The van der Waals surface area contributed by atoms with E-state index in [2.05, 4.69) is 13.2 Å². The Morgan fingerprint density at radius 2 is 2.18 bits per heavy atom. The zero-order chi connectivity index (χ0) is 8.32. The Labute approximate surface area is 79.1 Å². The van der Waals surface area contributed by atoms with E-state index >= 15 is 0 Å². The highest BCUT2D eigenvalue weighted by molar-refractivity contribution is 7.98. The van der Waals surface area contributed by atoms with E-state index in [1.807, 2.05) is 11.8 Å². The molecule has 0 radical (unpaired) electrons. The fourth-order valence-corrected chi connectivity index (χ4v) is 2.52. The van der Waals surface area contributed by atoms with Crippen molar-refractivity contribution in [3.05, 3.63) is 0 Å². The molecular formula is C9H17ClS. The minimum absolute atomic E-state index is 0.449. The van der Waals surface area contributed by atoms with Crippen LogP contribution in [-0.2, 0) is 0 Å². The van der Waals surface area contributed by atoms with Gasteiger partial charge >= 0.3 is 0 Å². The third-order valence-corrected chi connectivity index (χ3v) is 3.97. The Balaban J connectivity index is 2.31. The minimum Gasteiger partial charge on any atom is -0.165 e. The van der Waals surface area contributed by atoms with Gasteiger partial charge < -0.3 is 0 Å². The average molecular weight is 193 g/mol. The van der Waals surface area contributed by atoms with Crippen LogP contribution in [0.1, 0.15) is 26.2 Å². The molecule has 1 atom stereocenters. The first kappa shape index (κ1) is 9.73. The largest absolute Gasteiger partial charge is 0.165 e. The van der Waals surface area contributed by atoms with E-state index < -0.39 is 0 Å². The molecule has 1 unspecified atom stereocenters. The van der Waals surface area contributed by atoms with Crippen molar-refractivity contribution in [3.8, 4) is 0 Å². The van der Waals surface area contributed by atoms with E-state index in [1.54, 1.807) is 0 Å². The van der Waals surface area contributed by atoms with Crippen molar-refractivity contribution in [2.24, 2.45) is 11.3 Å². The van der Waals surface area contributed by atoms with Gasteiger partial charge in [0.1, 0.15) is 0 Å². The van der Waals surface area contributed by atoms with E-state index in [9.17, 15) is 0 Å². The lowest BCUT2D eigenvalue weighted by atomic mass is 9.84. The second kappa shape index (κ2) is 4.04. The lowest BCUT2D eigenvalue weighted by Crippen LogP contribution is -2.22. The number of hydrogen-bond donors (Lipinski definition) is 0. The summed E-state index contributed by atoms with van der Waals surface area (Å²) in [4.78, 5) is 0. The van der Waals surface area contributed by atoms with E-state index in [0.717, 1.165) is 11.8 Å². The van der Waals surface area contributed by atoms with Crippen molar-refractivity contribution in [1.29, 1.82) is 0 Å². The Bertz CT molecular complexity index is 123. The van der Waals surface area contributed by atoms with Crippen LogP contribution in [0.25, 0.3) is 0 Å². The molecule has 0 heterocycles. The molecule has 0 N–H and O–H groups in total. The zero-order valence-corrected chi connectivity index (χ0v) is 8.97. The highest BCUT2D eigenvalue weighted by Gasteiger charge is 2.39. The van der Waals surface area contributed by atoms with Gasteiger partial charge in [0.2, 0.25) is 0 Å². The summed E-state index contributed by atoms with van der Waals surface area (Å²) in [7, 11) is 0. The fourth-order valence-electron chi connectivity index (χ4n) is 1.50. The molecule has 1 rings (SSSR count). The maximum Gasteiger partial charge on any atom is 0.0280 e. The second-order valence-corrected chi connectivity index (χ2v) is 5.06. The van der Waals surface area contributed by atoms with E-state index in [0.29, 0.717) is 5.41 Å². The van der Waals surface area contributed by atoms with Crippen molar-refractivity contribution in [2.45, 2.75) is 26.2 Å². The van der Waals surface area contributed by atoms with Crippen molar-refractivity contribution in [1.82, 2.24) is 0 Å². The van der Waals surface area contributed by atoms with Crippen LogP contribution >= 0.6 is 23.4 Å². The van der Waals surface area contributed by atoms with Gasteiger partial charge in [-0.2, -0.15) is 11.8 Å². The number of alkyl halides is 1. The van der Waals surface area contributed by atoms with Crippen LogP contribution < -0.4 is 0 Å². The van der Waals surface area contributed by atoms with Gasteiger partial charge in [0.15, 0.2) is 0 Å². The molecule has 1 aliphatic rings. The van der Waals surface area contributed by atoms with Crippen LogP contribution in [0.2, 0.25) is 0 Å². The number of rotatable bonds is 5. The molecule has 66 valence electrons. The van der Waals surface area contributed by atoms with Gasteiger partial charge in [0.25, 0.3) is 0 Å². The van der Waals surface area contributed by atoms with Gasteiger partial charge in [-0.3, -0.25) is 0 Å². The van der Waals surface area contributed by atoms with Gasteiger partial charge in [-0.15, -0.1) is 11.6 Å². The Hall–Kier alpha value is 0.640. The van der Waals surface area contributed by atoms with Crippen LogP contribution in [-0.4, -0.2) is 17.9 Å². The first-order chi connectivity index (χ1) is 5.23. The van der Waals surface area contributed by atoms with Gasteiger partial charge in [-0.25, -0.2) is 0 Å². The summed E-state index contributed by atoms with van der Waals surface area (Å²) in [5.41, 5.74) is 0.449. The number of thioether (sulfide) groups is 1. The summed E-state index contributed by atoms with van der Waals surface area (Å²) >= 11 is 7.90. The molecule has 1 aliphatic carbocycles. The van der Waals surface area contributed by atoms with Gasteiger partial charge in [-0.05, 0) is 42.6 Å². The van der Waals surface area contributed by atoms with Crippen molar-refractivity contribution < 1.29 is 0 Å². The molecule has 0 aromatic heterocycles. The number of hydrogen-bond acceptors (Lipinski definition) is 1. The van der Waals surface area contributed by atoms with Gasteiger partial charge in [0, 0.05) is 5.88 Å². The molecule has 0 nitrogen and oxygen atoms in total. The predicted octanol–water partition coefficient (Wildman–Crippen LogP) is 3.39. The Morgan fingerprint density at radius 1 is 1.55 bits per heavy atom. The van der Waals surface area contributed by atoms with Gasteiger partial charge in [-0.1, -0.05) is 6.92 Å². The lowest BCUT2D eigenvalue weighted by molar-refractivity contribution is 0.306. The maximum atomic E-state index is 5.97. The highest BCUT2D eigenvalue weighted by atomic mass is 35.5. The molecule has 0 aromatic rings. The molecule has 0 amide bonds. The normalized spacial score (nSPS) is 23.2. The van der Waals surface area contributed by atoms with Crippen LogP contribution in [0.4, 0.5) is 0 Å². The standard InChI is InChI=1S/C9H17ClS/c1-9(7-10,5-6-11-2)8-3-4-8/h8H,3-7H2,1-2H3. The monoisotopic (exact) mass is 192 g/mol. The topological polar surface area (TPSA) is 0 Å². The van der Waals surface area contributed by atoms with Crippen LogP contribution in [0.5, 0.6) is 0 Å². The summed E-state index contributed by atoms with van der Waals surface area (Å²) in [6, 6.07) is 0. The molecule has 0 bridgehead atoms. The molecule has 0 aliphatic heterocycles. The quantitative estimate of drug-likeness (QED) is 0.602. The van der Waals surface area contributed by atoms with Crippen LogP contribution in [0.3, 0.4) is 0 Å². The Kier molecular flexibility index (Phi) is 3.57. The maximum absolute atomic E-state index is 5.97. The Morgan fingerprint density at radius 3 is 2.55 bits per heavy atom. The van der Waals surface area contributed by atoms with Crippen molar-refractivity contribution in [2.75, 3.05) is 17.9 Å². The summed E-state index contributed by atoms with van der Waals surface area (Å²) in [5, 5.41) is 0. The number of halogens is 1. The molecule has 2 heteroatoms. The van der Waals surface area contributed by atoms with E-state index in [-0.39, 0.29) is 0 Å². The smallest absolute Gasteiger partial charge is 0.0280 e. The minimum atomic E-state index is 0.449. The highest BCUT2D eigenvalue weighted by Crippen LogP contribution is 2.48. The van der Waals surface area contributed by atoms with E-state index in [4.69, 9.17) is 11.6 Å². The summed E-state index contributed by atoms with van der Waals surface area (Å²) in [5.74, 6) is 3.05. The van der Waals surface area contributed by atoms with Crippen molar-refractivity contribution >= 4 is 23.4 Å². The lowest BCUT2D eigenvalue weighted by Gasteiger charge is -2.26. The van der Waals surface area contributed by atoms with Gasteiger partial charge in [0.05, 0.1) is 0 Å². The molecule has 1 saturated carbocycles. The summed E-state index contributed by atoms with van der Waals surface area (Å²) in [6.45, 7) is 2.34. The molecule has 0 aromatic carbocycles. The SMILES string of the molecule is CSCCC(C)(CCl)C1CC1. The first-order valence-corrected chi connectivity index (χ1v) is 6.20. The third kappa shape index (κ3) is 2.55. The molecule has 1 fully saturated rings. The molecule has 0 saturated heterocycles. The fraction of sp³-hybridized carbons (Fsp3) is 1.00. The van der Waals surface area contributed by atoms with E-state index in [1.165, 1.54) is 25.0 Å². The third-order valence-electron chi connectivity index (χ3n) is 2.75. The summed E-state index contributed by atoms with van der Waals surface area (Å²) < 4.78 is 0. The predicted molar refractivity (Wildman–Crippen MR) is 54.6 cm³/mol. The van der Waals surface area contributed by atoms with Crippen molar-refractivity contribution in [3.63, 3.8) is 0 Å². The molecule has 11 heavy (non-hydrogen) atoms. The second-order valence-electron chi connectivity index (χ2n) is 3.80.